The highest BCUT2D eigenvalue weighted by atomic mass is 16.5. The molecule has 0 aromatic rings. The summed E-state index contributed by atoms with van der Waals surface area (Å²) in [6.45, 7) is 1.75. The lowest BCUT2D eigenvalue weighted by molar-refractivity contribution is -0.142. The second-order valence-electron chi connectivity index (χ2n) is 1.65. The van der Waals surface area contributed by atoms with Gasteiger partial charge in [-0.15, -0.1) is 0 Å². The second kappa shape index (κ2) is 4.64. The highest BCUT2D eigenvalue weighted by Gasteiger charge is 2.13. The molecule has 0 amide bonds. The maximum Gasteiger partial charge on any atom is 0.314 e. The number of ether oxygens (including phenoxy) is 1. The van der Waals surface area contributed by atoms with Crippen molar-refractivity contribution in [3.05, 3.63) is 10.4 Å². The minimum absolute atomic E-state index is 0.469. The molecule has 10 heavy (non-hydrogen) atoms. The Kier molecular flexibility index (Phi) is 4.07. The van der Waals surface area contributed by atoms with Gasteiger partial charge in [-0.25, -0.2) is 0 Å². The zero-order valence-electron chi connectivity index (χ0n) is 5.94. The summed E-state index contributed by atoms with van der Waals surface area (Å²) in [6, 6.07) is -0.671. The fraction of sp³-hybridized carbons (Fsp3) is 0.800. The third-order valence-electron chi connectivity index (χ3n) is 1.05. The molecule has 0 radical (unpaired) electrons. The summed E-state index contributed by atoms with van der Waals surface area (Å²) < 4.78 is 4.35. The molecule has 5 nitrogen and oxygen atoms in total. The van der Waals surface area contributed by atoms with E-state index in [9.17, 15) is 4.79 Å². The van der Waals surface area contributed by atoms with E-state index in [2.05, 4.69) is 14.8 Å². The maximum absolute atomic E-state index is 10.6. The largest absolute Gasteiger partial charge is 0.469 e. The van der Waals surface area contributed by atoms with Crippen molar-refractivity contribution >= 4 is 5.97 Å². The molecule has 0 saturated carbocycles. The van der Waals surface area contributed by atoms with Crippen molar-refractivity contribution in [3.8, 4) is 0 Å². The van der Waals surface area contributed by atoms with Crippen molar-refractivity contribution in [2.75, 3.05) is 7.11 Å². The first-order valence-corrected chi connectivity index (χ1v) is 2.88. The molecule has 0 rings (SSSR count). The van der Waals surface area contributed by atoms with E-state index >= 15 is 0 Å². The summed E-state index contributed by atoms with van der Waals surface area (Å²) in [4.78, 5) is 13.1. The van der Waals surface area contributed by atoms with Crippen molar-refractivity contribution in [1.29, 1.82) is 0 Å². The summed E-state index contributed by atoms with van der Waals surface area (Å²) in [5, 5.41) is 3.22. The van der Waals surface area contributed by atoms with Crippen molar-refractivity contribution in [3.63, 3.8) is 0 Å². The standard InChI is InChI=1S/C5H9N3O2/c1-3-4(7-8-6)5(9)10-2/h4H,3H2,1-2H3/t4-/m1/s1. The van der Waals surface area contributed by atoms with Gasteiger partial charge < -0.3 is 4.74 Å². The van der Waals surface area contributed by atoms with Crippen molar-refractivity contribution in [2.24, 2.45) is 5.11 Å². The molecular formula is C5H9N3O2. The van der Waals surface area contributed by atoms with E-state index in [4.69, 9.17) is 5.53 Å². The average molecular weight is 143 g/mol. The highest BCUT2D eigenvalue weighted by Crippen LogP contribution is 1.99. The predicted octanol–water partition coefficient (Wildman–Crippen LogP) is 1.25. The van der Waals surface area contributed by atoms with E-state index in [1.807, 2.05) is 0 Å². The molecule has 0 unspecified atom stereocenters. The molecule has 0 aromatic carbocycles. The van der Waals surface area contributed by atoms with Crippen LogP contribution in [0.15, 0.2) is 5.11 Å². The van der Waals surface area contributed by atoms with E-state index in [1.54, 1.807) is 6.92 Å². The number of carbonyl (C=O) groups is 1. The number of rotatable bonds is 3. The number of nitrogens with zero attached hydrogens (tertiary/aromatic N) is 3. The van der Waals surface area contributed by atoms with Crippen LogP contribution in [0.5, 0.6) is 0 Å². The van der Waals surface area contributed by atoms with Crippen LogP contribution >= 0.6 is 0 Å². The van der Waals surface area contributed by atoms with E-state index in [0.717, 1.165) is 0 Å². The zero-order valence-corrected chi connectivity index (χ0v) is 5.94. The molecule has 0 spiro atoms. The molecule has 0 aromatic heterocycles. The fourth-order valence-electron chi connectivity index (χ4n) is 0.494. The van der Waals surface area contributed by atoms with Gasteiger partial charge in [0.2, 0.25) is 0 Å². The van der Waals surface area contributed by atoms with Crippen LogP contribution < -0.4 is 0 Å². The Balaban J connectivity index is 4.05. The lowest BCUT2D eigenvalue weighted by atomic mass is 10.2. The zero-order chi connectivity index (χ0) is 7.98. The maximum atomic E-state index is 10.6. The first-order valence-electron chi connectivity index (χ1n) is 2.88. The molecule has 0 saturated heterocycles. The molecule has 0 aliphatic carbocycles. The van der Waals surface area contributed by atoms with Gasteiger partial charge in [0.25, 0.3) is 0 Å². The molecule has 0 aliphatic heterocycles. The van der Waals surface area contributed by atoms with Crippen LogP contribution in [0.25, 0.3) is 10.4 Å². The Labute approximate surface area is 58.6 Å². The summed E-state index contributed by atoms with van der Waals surface area (Å²) in [5.74, 6) is -0.486. The molecule has 0 bridgehead atoms. The van der Waals surface area contributed by atoms with Gasteiger partial charge in [0.05, 0.1) is 7.11 Å². The van der Waals surface area contributed by atoms with Gasteiger partial charge in [-0.1, -0.05) is 12.0 Å². The van der Waals surface area contributed by atoms with Crippen LogP contribution in [0.3, 0.4) is 0 Å². The Morgan fingerprint density at radius 2 is 2.50 bits per heavy atom. The predicted molar refractivity (Wildman–Crippen MR) is 35.2 cm³/mol. The molecule has 1 atom stereocenters. The fourth-order valence-corrected chi connectivity index (χ4v) is 0.494. The number of hydrogen-bond acceptors (Lipinski definition) is 3. The smallest absolute Gasteiger partial charge is 0.314 e. The molecular weight excluding hydrogens is 134 g/mol. The monoisotopic (exact) mass is 143 g/mol. The molecule has 5 heteroatoms. The quantitative estimate of drug-likeness (QED) is 0.258. The number of carbonyl (C=O) groups excluding carboxylic acids is 1. The normalized spacial score (nSPS) is 11.4. The van der Waals surface area contributed by atoms with Crippen LogP contribution in [-0.4, -0.2) is 19.1 Å². The van der Waals surface area contributed by atoms with Crippen LogP contribution in [0, 0.1) is 0 Å². The molecule has 0 heterocycles. The minimum atomic E-state index is -0.671. The van der Waals surface area contributed by atoms with Crippen LogP contribution in [0.4, 0.5) is 0 Å². The lowest BCUT2D eigenvalue weighted by Gasteiger charge is -2.02. The van der Waals surface area contributed by atoms with E-state index in [1.165, 1.54) is 7.11 Å². The summed E-state index contributed by atoms with van der Waals surface area (Å²) in [7, 11) is 1.26. The van der Waals surface area contributed by atoms with Crippen molar-refractivity contribution in [1.82, 2.24) is 0 Å². The highest BCUT2D eigenvalue weighted by molar-refractivity contribution is 5.75. The van der Waals surface area contributed by atoms with Gasteiger partial charge in [-0.05, 0) is 12.0 Å². The van der Waals surface area contributed by atoms with Gasteiger partial charge in [0.15, 0.2) is 0 Å². The Morgan fingerprint density at radius 3 is 2.80 bits per heavy atom. The van der Waals surface area contributed by atoms with E-state index in [0.29, 0.717) is 6.42 Å². The van der Waals surface area contributed by atoms with Crippen LogP contribution in [0.1, 0.15) is 13.3 Å². The minimum Gasteiger partial charge on any atom is -0.469 e. The van der Waals surface area contributed by atoms with Gasteiger partial charge in [0.1, 0.15) is 6.04 Å². The Morgan fingerprint density at radius 1 is 1.90 bits per heavy atom. The van der Waals surface area contributed by atoms with Crippen molar-refractivity contribution in [2.45, 2.75) is 19.4 Å². The molecule has 56 valence electrons. The van der Waals surface area contributed by atoms with Crippen LogP contribution in [-0.2, 0) is 9.53 Å². The number of methoxy groups -OCH3 is 1. The van der Waals surface area contributed by atoms with Gasteiger partial charge in [-0.2, -0.15) is 0 Å². The van der Waals surface area contributed by atoms with Gasteiger partial charge in [0, 0.05) is 4.91 Å². The Hall–Kier alpha value is -1.22. The Bertz CT molecular complexity index is 162. The van der Waals surface area contributed by atoms with Gasteiger partial charge in [-0.3, -0.25) is 4.79 Å². The second-order valence-corrected chi connectivity index (χ2v) is 1.65. The molecule has 0 fully saturated rings. The van der Waals surface area contributed by atoms with Gasteiger partial charge >= 0.3 is 5.97 Å². The third-order valence-corrected chi connectivity index (χ3v) is 1.05. The number of azide groups is 1. The lowest BCUT2D eigenvalue weighted by Crippen LogP contribution is -2.18. The number of hydrogen-bond donors (Lipinski definition) is 0. The summed E-state index contributed by atoms with van der Waals surface area (Å²) in [5.41, 5.74) is 7.96. The first kappa shape index (κ1) is 8.78. The first-order chi connectivity index (χ1) is 4.76. The van der Waals surface area contributed by atoms with Crippen LogP contribution in [0.2, 0.25) is 0 Å². The summed E-state index contributed by atoms with van der Waals surface area (Å²) >= 11 is 0. The SMILES string of the molecule is CC[C@@H](N=[N+]=[N-])C(=O)OC. The van der Waals surface area contributed by atoms with E-state index in [-0.39, 0.29) is 0 Å². The van der Waals surface area contributed by atoms with Crippen molar-refractivity contribution < 1.29 is 9.53 Å². The molecule has 0 aliphatic rings. The molecule has 0 N–H and O–H groups in total. The topological polar surface area (TPSA) is 75.1 Å². The number of esters is 1. The van der Waals surface area contributed by atoms with E-state index < -0.39 is 12.0 Å². The average Bonchev–Trinajstić information content (AvgIpc) is 1.99. The summed E-state index contributed by atoms with van der Waals surface area (Å²) in [6.07, 6.45) is 0.469. The third kappa shape index (κ3) is 2.37.